The molecule has 0 aliphatic carbocycles. The minimum atomic E-state index is -0.541. The van der Waals surface area contributed by atoms with E-state index in [-0.39, 0.29) is 30.8 Å². The van der Waals surface area contributed by atoms with Crippen LogP contribution < -0.4 is 5.32 Å². The SMILES string of the molecule is CC(C)(C)OC(=O)N1CCC[C@H]1C1=NCC(c2ccc(Br)c(C(=O)OCc3ccccc3)c2)N1. The summed E-state index contributed by atoms with van der Waals surface area (Å²) in [5.41, 5.74) is 1.81. The summed E-state index contributed by atoms with van der Waals surface area (Å²) in [5, 5.41) is 3.47. The zero-order chi connectivity index (χ0) is 24.3. The highest BCUT2D eigenvalue weighted by molar-refractivity contribution is 9.10. The van der Waals surface area contributed by atoms with Gasteiger partial charge in [-0.2, -0.15) is 0 Å². The lowest BCUT2D eigenvalue weighted by molar-refractivity contribution is 0.0264. The fraction of sp³-hybridized carbons (Fsp3) is 0.423. The predicted molar refractivity (Wildman–Crippen MR) is 134 cm³/mol. The second kappa shape index (κ2) is 10.2. The Kier molecular flexibility index (Phi) is 7.26. The maximum Gasteiger partial charge on any atom is 0.410 e. The van der Waals surface area contributed by atoms with E-state index in [1.165, 1.54) is 0 Å². The molecule has 1 amide bonds. The first-order valence-electron chi connectivity index (χ1n) is 11.5. The van der Waals surface area contributed by atoms with Crippen molar-refractivity contribution in [3.8, 4) is 0 Å². The van der Waals surface area contributed by atoms with Crippen molar-refractivity contribution in [3.05, 3.63) is 69.7 Å². The fourth-order valence-electron chi connectivity index (χ4n) is 4.16. The summed E-state index contributed by atoms with van der Waals surface area (Å²) >= 11 is 3.47. The van der Waals surface area contributed by atoms with E-state index in [2.05, 4.69) is 21.2 Å². The molecule has 8 heteroatoms. The van der Waals surface area contributed by atoms with Crippen LogP contribution in [0.4, 0.5) is 4.79 Å². The van der Waals surface area contributed by atoms with Gasteiger partial charge in [0.15, 0.2) is 0 Å². The van der Waals surface area contributed by atoms with E-state index in [9.17, 15) is 9.59 Å². The van der Waals surface area contributed by atoms with E-state index in [1.807, 2.05) is 69.3 Å². The molecule has 7 nitrogen and oxygen atoms in total. The molecular formula is C26H30BrN3O4. The number of hydrogen-bond donors (Lipinski definition) is 1. The van der Waals surface area contributed by atoms with Gasteiger partial charge in [0.1, 0.15) is 18.0 Å². The molecule has 4 rings (SSSR count). The standard InChI is InChI=1S/C26H30BrN3O4/c1-26(2,3)34-25(32)30-13-7-10-22(30)23-28-15-21(29-23)18-11-12-20(27)19(14-18)24(31)33-16-17-8-5-4-6-9-17/h4-6,8-9,11-12,14,21-22H,7,10,13,15-16H2,1-3H3,(H,28,29)/t21?,22-/m0/s1. The van der Waals surface area contributed by atoms with E-state index >= 15 is 0 Å². The topological polar surface area (TPSA) is 80.2 Å². The molecule has 2 heterocycles. The highest BCUT2D eigenvalue weighted by atomic mass is 79.9. The molecule has 0 spiro atoms. The minimum absolute atomic E-state index is 0.0788. The van der Waals surface area contributed by atoms with Crippen molar-refractivity contribution < 1.29 is 19.1 Å². The van der Waals surface area contributed by atoms with Gasteiger partial charge in [-0.15, -0.1) is 0 Å². The monoisotopic (exact) mass is 527 g/mol. The zero-order valence-electron chi connectivity index (χ0n) is 19.7. The van der Waals surface area contributed by atoms with E-state index in [0.29, 0.717) is 23.1 Å². The average Bonchev–Trinajstić information content (AvgIpc) is 3.47. The van der Waals surface area contributed by atoms with Crippen LogP contribution in [-0.2, 0) is 16.1 Å². The van der Waals surface area contributed by atoms with Crippen molar-refractivity contribution in [2.45, 2.75) is 57.9 Å². The van der Waals surface area contributed by atoms with Gasteiger partial charge in [-0.05, 0) is 72.8 Å². The van der Waals surface area contributed by atoms with Gasteiger partial charge in [-0.3, -0.25) is 9.89 Å². The van der Waals surface area contributed by atoms with Crippen LogP contribution in [0, 0.1) is 0 Å². The molecule has 180 valence electrons. The van der Waals surface area contributed by atoms with Gasteiger partial charge in [-0.25, -0.2) is 9.59 Å². The van der Waals surface area contributed by atoms with Crippen LogP contribution in [0.2, 0.25) is 0 Å². The molecule has 1 saturated heterocycles. The van der Waals surface area contributed by atoms with Crippen molar-refractivity contribution in [1.82, 2.24) is 10.2 Å². The molecule has 1 unspecified atom stereocenters. The second-order valence-electron chi connectivity index (χ2n) is 9.56. The molecule has 2 aliphatic rings. The number of aliphatic imine (C=N–C) groups is 1. The van der Waals surface area contributed by atoms with Gasteiger partial charge in [0.05, 0.1) is 24.2 Å². The van der Waals surface area contributed by atoms with Gasteiger partial charge in [-0.1, -0.05) is 36.4 Å². The van der Waals surface area contributed by atoms with Crippen LogP contribution in [0.3, 0.4) is 0 Å². The minimum Gasteiger partial charge on any atom is -0.457 e. The Balaban J connectivity index is 1.41. The number of carbonyl (C=O) groups is 2. The maximum atomic E-state index is 12.8. The molecule has 2 aliphatic heterocycles. The van der Waals surface area contributed by atoms with Crippen LogP contribution in [0.5, 0.6) is 0 Å². The van der Waals surface area contributed by atoms with Crippen LogP contribution in [0.1, 0.15) is 61.1 Å². The van der Waals surface area contributed by atoms with Gasteiger partial charge in [0.25, 0.3) is 0 Å². The summed E-state index contributed by atoms with van der Waals surface area (Å²) in [7, 11) is 0. The number of rotatable bonds is 5. The molecule has 0 radical (unpaired) electrons. The van der Waals surface area contributed by atoms with Gasteiger partial charge < -0.3 is 14.8 Å². The quantitative estimate of drug-likeness (QED) is 0.537. The summed E-state index contributed by atoms with van der Waals surface area (Å²) in [6.07, 6.45) is 1.44. The number of likely N-dealkylation sites (tertiary alicyclic amines) is 1. The highest BCUT2D eigenvalue weighted by Crippen LogP contribution is 2.28. The summed E-state index contributed by atoms with van der Waals surface area (Å²) in [6, 6.07) is 15.1. The number of hydrogen-bond acceptors (Lipinski definition) is 6. The summed E-state index contributed by atoms with van der Waals surface area (Å²) in [5.74, 6) is 0.410. The number of ether oxygens (including phenoxy) is 2. The predicted octanol–water partition coefficient (Wildman–Crippen LogP) is 5.25. The molecule has 2 aromatic rings. The van der Waals surface area contributed by atoms with Crippen LogP contribution in [-0.4, -0.2) is 47.5 Å². The largest absolute Gasteiger partial charge is 0.457 e. The lowest BCUT2D eigenvalue weighted by atomic mass is 10.0. The molecular weight excluding hydrogens is 498 g/mol. The summed E-state index contributed by atoms with van der Waals surface area (Å²) in [4.78, 5) is 31.9. The fourth-order valence-corrected chi connectivity index (χ4v) is 4.57. The third-order valence-corrected chi connectivity index (χ3v) is 6.48. The average molecular weight is 528 g/mol. The first kappa shape index (κ1) is 24.3. The lowest BCUT2D eigenvalue weighted by Gasteiger charge is -2.29. The van der Waals surface area contributed by atoms with Crippen LogP contribution in [0.25, 0.3) is 0 Å². The third kappa shape index (κ3) is 5.78. The lowest BCUT2D eigenvalue weighted by Crippen LogP contribution is -2.46. The Morgan fingerprint density at radius 2 is 1.94 bits per heavy atom. The summed E-state index contributed by atoms with van der Waals surface area (Å²) in [6.45, 7) is 7.01. The van der Waals surface area contributed by atoms with Crippen molar-refractivity contribution in [3.63, 3.8) is 0 Å². The molecule has 34 heavy (non-hydrogen) atoms. The number of amidine groups is 1. The van der Waals surface area contributed by atoms with E-state index in [4.69, 9.17) is 14.5 Å². The summed E-state index contributed by atoms with van der Waals surface area (Å²) < 4.78 is 11.8. The van der Waals surface area contributed by atoms with Crippen LogP contribution in [0.15, 0.2) is 58.0 Å². The van der Waals surface area contributed by atoms with E-state index < -0.39 is 5.60 Å². The number of nitrogens with one attached hydrogen (secondary N) is 1. The Labute approximate surface area is 208 Å². The third-order valence-electron chi connectivity index (χ3n) is 5.79. The van der Waals surface area contributed by atoms with Crippen molar-refractivity contribution in [2.75, 3.05) is 13.1 Å². The van der Waals surface area contributed by atoms with Crippen LogP contribution >= 0.6 is 15.9 Å². The first-order chi connectivity index (χ1) is 16.2. The van der Waals surface area contributed by atoms with Crippen molar-refractivity contribution in [1.29, 1.82) is 0 Å². The van der Waals surface area contributed by atoms with Crippen molar-refractivity contribution in [2.24, 2.45) is 4.99 Å². The second-order valence-corrected chi connectivity index (χ2v) is 10.4. The Morgan fingerprint density at radius 1 is 1.18 bits per heavy atom. The number of carbonyl (C=O) groups excluding carboxylic acids is 2. The molecule has 0 bridgehead atoms. The molecule has 2 aromatic carbocycles. The Hall–Kier alpha value is -2.87. The Morgan fingerprint density at radius 3 is 2.68 bits per heavy atom. The normalized spacial score (nSPS) is 20.0. The van der Waals surface area contributed by atoms with E-state index in [1.54, 1.807) is 4.90 Å². The first-order valence-corrected chi connectivity index (χ1v) is 12.3. The van der Waals surface area contributed by atoms with Gasteiger partial charge in [0, 0.05) is 11.0 Å². The molecule has 0 aromatic heterocycles. The maximum absolute atomic E-state index is 12.8. The number of amides is 1. The Bertz CT molecular complexity index is 1080. The molecule has 1 fully saturated rings. The molecule has 2 atom stereocenters. The molecule has 1 N–H and O–H groups in total. The number of benzene rings is 2. The smallest absolute Gasteiger partial charge is 0.410 e. The molecule has 0 saturated carbocycles. The van der Waals surface area contributed by atoms with Gasteiger partial charge in [0.2, 0.25) is 0 Å². The number of esters is 1. The van der Waals surface area contributed by atoms with E-state index in [0.717, 1.165) is 29.8 Å². The van der Waals surface area contributed by atoms with Crippen molar-refractivity contribution >= 4 is 33.8 Å². The number of nitrogens with zero attached hydrogens (tertiary/aromatic N) is 2. The zero-order valence-corrected chi connectivity index (χ0v) is 21.3. The number of halogens is 1. The van der Waals surface area contributed by atoms with Gasteiger partial charge >= 0.3 is 12.1 Å². The highest BCUT2D eigenvalue weighted by Gasteiger charge is 2.37.